The normalized spacial score (nSPS) is 21.3. The Kier molecular flexibility index (Phi) is 4.33. The quantitative estimate of drug-likeness (QED) is 0.932. The molecule has 0 aliphatic carbocycles. The van der Waals surface area contributed by atoms with E-state index in [0.29, 0.717) is 29.4 Å². The van der Waals surface area contributed by atoms with E-state index < -0.39 is 0 Å². The van der Waals surface area contributed by atoms with E-state index >= 15 is 0 Å². The maximum atomic E-state index is 12.9. The standard InChI is InChI=1S/C14H14Cl2N4O2/c1-22-8-5-11(13-17-7-18-19-13)20(6-8)14(21)9-3-2-4-10(15)12(9)16/h2-4,7-8,11H,5-6H2,1H3,(H,17,18,19)/t8-,11+/m1/s1. The Labute approximate surface area is 137 Å². The first-order chi connectivity index (χ1) is 10.6. The van der Waals surface area contributed by atoms with E-state index in [1.807, 2.05) is 0 Å². The number of hydrogen-bond donors (Lipinski definition) is 1. The molecule has 1 aliphatic rings. The third-order valence-electron chi connectivity index (χ3n) is 3.79. The molecule has 2 aromatic rings. The Morgan fingerprint density at radius 2 is 2.27 bits per heavy atom. The molecule has 0 spiro atoms. The molecule has 22 heavy (non-hydrogen) atoms. The Hall–Kier alpha value is -1.63. The number of rotatable bonds is 3. The topological polar surface area (TPSA) is 71.1 Å². The van der Waals surface area contributed by atoms with Gasteiger partial charge in [0.1, 0.15) is 12.2 Å². The van der Waals surface area contributed by atoms with Gasteiger partial charge in [0.15, 0.2) is 0 Å². The summed E-state index contributed by atoms with van der Waals surface area (Å²) >= 11 is 12.2. The van der Waals surface area contributed by atoms with Gasteiger partial charge in [0.2, 0.25) is 0 Å². The molecular formula is C14H14Cl2N4O2. The average Bonchev–Trinajstić information content (AvgIpc) is 3.17. The highest BCUT2D eigenvalue weighted by molar-refractivity contribution is 6.43. The van der Waals surface area contributed by atoms with Crippen molar-refractivity contribution in [3.8, 4) is 0 Å². The molecule has 1 amide bonds. The summed E-state index contributed by atoms with van der Waals surface area (Å²) in [6, 6.07) is 4.79. The number of carbonyl (C=O) groups is 1. The summed E-state index contributed by atoms with van der Waals surface area (Å²) in [5.74, 6) is 0.430. The number of ether oxygens (including phenoxy) is 1. The molecule has 2 heterocycles. The van der Waals surface area contributed by atoms with E-state index in [1.165, 1.54) is 6.33 Å². The molecule has 1 aromatic heterocycles. The number of hydrogen-bond acceptors (Lipinski definition) is 4. The summed E-state index contributed by atoms with van der Waals surface area (Å²) in [5, 5.41) is 7.28. The van der Waals surface area contributed by atoms with Gasteiger partial charge in [-0.05, 0) is 12.1 Å². The lowest BCUT2D eigenvalue weighted by Crippen LogP contribution is -2.32. The Morgan fingerprint density at radius 1 is 1.45 bits per heavy atom. The summed E-state index contributed by atoms with van der Waals surface area (Å²) in [4.78, 5) is 18.7. The summed E-state index contributed by atoms with van der Waals surface area (Å²) in [5.41, 5.74) is 0.371. The molecule has 1 aromatic carbocycles. The van der Waals surface area contributed by atoms with Crippen LogP contribution in [0.4, 0.5) is 0 Å². The van der Waals surface area contributed by atoms with E-state index in [1.54, 1.807) is 30.2 Å². The smallest absolute Gasteiger partial charge is 0.256 e. The number of aromatic amines is 1. The van der Waals surface area contributed by atoms with E-state index in [9.17, 15) is 4.79 Å². The van der Waals surface area contributed by atoms with Crippen LogP contribution in [-0.4, -0.2) is 45.7 Å². The number of benzene rings is 1. The van der Waals surface area contributed by atoms with Crippen LogP contribution in [0.15, 0.2) is 24.5 Å². The minimum atomic E-state index is -0.227. The van der Waals surface area contributed by atoms with E-state index in [4.69, 9.17) is 27.9 Å². The number of carbonyl (C=O) groups excluding carboxylic acids is 1. The van der Waals surface area contributed by atoms with Gasteiger partial charge in [-0.15, -0.1) is 0 Å². The highest BCUT2D eigenvalue weighted by atomic mass is 35.5. The molecule has 3 rings (SSSR count). The highest BCUT2D eigenvalue weighted by Gasteiger charge is 2.38. The molecule has 8 heteroatoms. The van der Waals surface area contributed by atoms with Crippen LogP contribution in [-0.2, 0) is 4.74 Å². The SMILES string of the molecule is CO[C@@H]1C[C@@H](c2ncn[nH]2)N(C(=O)c2cccc(Cl)c2Cl)C1. The molecule has 6 nitrogen and oxygen atoms in total. The van der Waals surface area contributed by atoms with E-state index in [-0.39, 0.29) is 23.1 Å². The number of nitrogens with one attached hydrogen (secondary N) is 1. The van der Waals surface area contributed by atoms with Crippen LogP contribution in [0.25, 0.3) is 0 Å². The van der Waals surface area contributed by atoms with Crippen molar-refractivity contribution in [2.24, 2.45) is 0 Å². The second kappa shape index (κ2) is 6.24. The molecular weight excluding hydrogens is 327 g/mol. The van der Waals surface area contributed by atoms with Crippen LogP contribution in [0.1, 0.15) is 28.6 Å². The number of H-pyrrole nitrogens is 1. The summed E-state index contributed by atoms with van der Waals surface area (Å²) in [7, 11) is 1.63. The summed E-state index contributed by atoms with van der Waals surface area (Å²) in [6.45, 7) is 0.462. The lowest BCUT2D eigenvalue weighted by Gasteiger charge is -2.23. The average molecular weight is 341 g/mol. The Morgan fingerprint density at radius 3 is 2.95 bits per heavy atom. The van der Waals surface area contributed by atoms with Crippen LogP contribution in [0, 0.1) is 0 Å². The number of amides is 1. The summed E-state index contributed by atoms with van der Waals surface area (Å²) in [6.07, 6.45) is 2.01. The van der Waals surface area contributed by atoms with Gasteiger partial charge in [0, 0.05) is 20.1 Å². The van der Waals surface area contributed by atoms with Crippen molar-refractivity contribution in [2.45, 2.75) is 18.6 Å². The second-order valence-corrected chi connectivity index (χ2v) is 5.82. The van der Waals surface area contributed by atoms with Gasteiger partial charge in [-0.1, -0.05) is 29.3 Å². The molecule has 0 saturated carbocycles. The van der Waals surface area contributed by atoms with Gasteiger partial charge >= 0.3 is 0 Å². The molecule has 0 unspecified atom stereocenters. The maximum Gasteiger partial charge on any atom is 0.256 e. The predicted molar refractivity (Wildman–Crippen MR) is 82.0 cm³/mol. The van der Waals surface area contributed by atoms with Gasteiger partial charge in [0.05, 0.1) is 27.8 Å². The van der Waals surface area contributed by atoms with Crippen LogP contribution < -0.4 is 0 Å². The molecule has 1 saturated heterocycles. The number of aromatic nitrogens is 3. The first-order valence-electron chi connectivity index (χ1n) is 6.75. The van der Waals surface area contributed by atoms with Crippen LogP contribution in [0.2, 0.25) is 10.0 Å². The number of halogens is 2. The third-order valence-corrected chi connectivity index (χ3v) is 4.61. The van der Waals surface area contributed by atoms with E-state index in [0.717, 1.165) is 0 Å². The highest BCUT2D eigenvalue weighted by Crippen LogP contribution is 2.34. The summed E-state index contributed by atoms with van der Waals surface area (Å²) < 4.78 is 5.39. The first kappa shape index (κ1) is 15.3. The van der Waals surface area contributed by atoms with Crippen LogP contribution in [0.3, 0.4) is 0 Å². The van der Waals surface area contributed by atoms with Crippen molar-refractivity contribution in [2.75, 3.05) is 13.7 Å². The predicted octanol–water partition coefficient (Wildman–Crippen LogP) is 2.71. The van der Waals surface area contributed by atoms with Crippen molar-refractivity contribution in [3.63, 3.8) is 0 Å². The Balaban J connectivity index is 1.94. The third kappa shape index (κ3) is 2.69. The van der Waals surface area contributed by atoms with Crippen molar-refractivity contribution < 1.29 is 9.53 Å². The zero-order valence-electron chi connectivity index (χ0n) is 11.8. The zero-order chi connectivity index (χ0) is 15.7. The molecule has 0 radical (unpaired) electrons. The van der Waals surface area contributed by atoms with Gasteiger partial charge in [-0.3, -0.25) is 9.89 Å². The molecule has 116 valence electrons. The van der Waals surface area contributed by atoms with Crippen molar-refractivity contribution in [1.82, 2.24) is 20.1 Å². The zero-order valence-corrected chi connectivity index (χ0v) is 13.3. The largest absolute Gasteiger partial charge is 0.380 e. The number of likely N-dealkylation sites (tertiary alicyclic amines) is 1. The second-order valence-electron chi connectivity index (χ2n) is 5.04. The van der Waals surface area contributed by atoms with Crippen molar-refractivity contribution in [3.05, 3.63) is 46.0 Å². The monoisotopic (exact) mass is 340 g/mol. The molecule has 1 fully saturated rings. The fraction of sp³-hybridized carbons (Fsp3) is 0.357. The first-order valence-corrected chi connectivity index (χ1v) is 7.50. The Bertz CT molecular complexity index is 677. The fourth-order valence-electron chi connectivity index (χ4n) is 2.65. The minimum absolute atomic E-state index is 0.0583. The van der Waals surface area contributed by atoms with Gasteiger partial charge in [0.25, 0.3) is 5.91 Å². The van der Waals surface area contributed by atoms with Crippen molar-refractivity contribution in [1.29, 1.82) is 0 Å². The number of nitrogens with zero attached hydrogens (tertiary/aromatic N) is 3. The van der Waals surface area contributed by atoms with Crippen LogP contribution >= 0.6 is 23.2 Å². The fourth-order valence-corrected chi connectivity index (χ4v) is 3.03. The molecule has 1 N–H and O–H groups in total. The minimum Gasteiger partial charge on any atom is -0.380 e. The maximum absolute atomic E-state index is 12.9. The van der Waals surface area contributed by atoms with Gasteiger partial charge < -0.3 is 9.64 Å². The van der Waals surface area contributed by atoms with Gasteiger partial charge in [-0.25, -0.2) is 4.98 Å². The van der Waals surface area contributed by atoms with Crippen molar-refractivity contribution >= 4 is 29.1 Å². The molecule has 0 bridgehead atoms. The number of methoxy groups -OCH3 is 1. The van der Waals surface area contributed by atoms with E-state index in [2.05, 4.69) is 15.2 Å². The molecule has 1 aliphatic heterocycles. The molecule has 2 atom stereocenters. The lowest BCUT2D eigenvalue weighted by molar-refractivity contribution is 0.0684. The van der Waals surface area contributed by atoms with Crippen LogP contribution in [0.5, 0.6) is 0 Å². The van der Waals surface area contributed by atoms with Gasteiger partial charge in [-0.2, -0.15) is 5.10 Å². The lowest BCUT2D eigenvalue weighted by atomic mass is 10.1.